The lowest BCUT2D eigenvalue weighted by Crippen LogP contribution is -2.23. The van der Waals surface area contributed by atoms with Crippen LogP contribution in [0.3, 0.4) is 0 Å². The number of hydrogen-bond acceptors (Lipinski definition) is 3. The Balaban J connectivity index is 2.13. The average molecular weight is 313 g/mol. The number of sulfonamides is 1. The first-order chi connectivity index (χ1) is 9.99. The molecule has 112 valence electrons. The quantitative estimate of drug-likeness (QED) is 0.892. The van der Waals surface area contributed by atoms with Gasteiger partial charge in [0, 0.05) is 12.1 Å². The zero-order valence-electron chi connectivity index (χ0n) is 10.9. The van der Waals surface area contributed by atoms with Crippen LogP contribution in [0.5, 0.6) is 5.75 Å². The van der Waals surface area contributed by atoms with Crippen molar-refractivity contribution in [3.05, 3.63) is 60.2 Å². The molecule has 21 heavy (non-hydrogen) atoms. The third kappa shape index (κ3) is 4.24. The minimum atomic E-state index is -3.70. The summed E-state index contributed by atoms with van der Waals surface area (Å²) in [5.74, 6) is -0.0525. The van der Waals surface area contributed by atoms with Gasteiger partial charge in [0.1, 0.15) is 5.75 Å². The van der Waals surface area contributed by atoms with Crippen molar-refractivity contribution in [3.63, 3.8) is 0 Å². The van der Waals surface area contributed by atoms with Gasteiger partial charge < -0.3 is 4.74 Å². The minimum Gasteiger partial charge on any atom is -0.434 e. The van der Waals surface area contributed by atoms with Crippen molar-refractivity contribution < 1.29 is 21.9 Å². The second-order valence-corrected chi connectivity index (χ2v) is 5.89. The van der Waals surface area contributed by atoms with Crippen LogP contribution in [-0.2, 0) is 16.6 Å². The Kier molecular flexibility index (Phi) is 4.87. The molecule has 0 radical (unpaired) electrons. The zero-order chi connectivity index (χ0) is 15.3. The molecule has 0 bridgehead atoms. The number of para-hydroxylation sites is 1. The van der Waals surface area contributed by atoms with Crippen molar-refractivity contribution in [2.75, 3.05) is 0 Å². The Bertz CT molecular complexity index is 690. The molecule has 0 heterocycles. The molecule has 0 amide bonds. The molecule has 0 saturated heterocycles. The number of benzene rings is 2. The first-order valence-corrected chi connectivity index (χ1v) is 7.55. The molecule has 0 saturated carbocycles. The van der Waals surface area contributed by atoms with E-state index >= 15 is 0 Å². The maximum absolute atomic E-state index is 12.3. The summed E-state index contributed by atoms with van der Waals surface area (Å²) in [6.07, 6.45) is 0. The van der Waals surface area contributed by atoms with E-state index in [-0.39, 0.29) is 17.2 Å². The maximum atomic E-state index is 12.3. The van der Waals surface area contributed by atoms with Crippen LogP contribution in [0.15, 0.2) is 59.5 Å². The summed E-state index contributed by atoms with van der Waals surface area (Å²) in [6.45, 7) is -3.10. The van der Waals surface area contributed by atoms with E-state index in [0.29, 0.717) is 5.56 Å². The van der Waals surface area contributed by atoms with Crippen LogP contribution in [0.2, 0.25) is 0 Å². The zero-order valence-corrected chi connectivity index (χ0v) is 11.7. The van der Waals surface area contributed by atoms with Gasteiger partial charge in [-0.1, -0.05) is 36.4 Å². The fraction of sp³-hybridized carbons (Fsp3) is 0.143. The molecule has 4 nitrogen and oxygen atoms in total. The molecule has 0 fully saturated rings. The van der Waals surface area contributed by atoms with Crippen molar-refractivity contribution >= 4 is 10.0 Å². The summed E-state index contributed by atoms with van der Waals surface area (Å²) in [4.78, 5) is 0.109. The van der Waals surface area contributed by atoms with Gasteiger partial charge in [-0.3, -0.25) is 0 Å². The Morgan fingerprint density at radius 2 is 1.62 bits per heavy atom. The highest BCUT2D eigenvalue weighted by atomic mass is 32.2. The number of halogens is 2. The molecule has 2 rings (SSSR count). The van der Waals surface area contributed by atoms with Crippen LogP contribution in [-0.4, -0.2) is 15.0 Å². The van der Waals surface area contributed by atoms with Crippen molar-refractivity contribution in [2.45, 2.75) is 18.1 Å². The number of alkyl halides is 2. The largest absolute Gasteiger partial charge is 0.434 e. The SMILES string of the molecule is O=S(=O)(NCc1ccccc1OC(F)F)c1ccccc1. The van der Waals surface area contributed by atoms with Crippen molar-refractivity contribution in [1.82, 2.24) is 4.72 Å². The van der Waals surface area contributed by atoms with Gasteiger partial charge in [0.05, 0.1) is 4.90 Å². The summed E-state index contributed by atoms with van der Waals surface area (Å²) in [5, 5.41) is 0. The molecule has 0 aliphatic rings. The Hall–Kier alpha value is -1.99. The minimum absolute atomic E-state index is 0.0525. The molecule has 2 aromatic carbocycles. The Labute approximate surface area is 121 Å². The molecule has 0 aromatic heterocycles. The lowest BCUT2D eigenvalue weighted by Gasteiger charge is -2.11. The molecular formula is C14H13F2NO3S. The Morgan fingerprint density at radius 1 is 1.00 bits per heavy atom. The molecule has 1 N–H and O–H groups in total. The summed E-state index contributed by atoms with van der Waals surface area (Å²) < 4.78 is 55.3. The maximum Gasteiger partial charge on any atom is 0.387 e. The van der Waals surface area contributed by atoms with E-state index < -0.39 is 16.6 Å². The van der Waals surface area contributed by atoms with Gasteiger partial charge in [-0.2, -0.15) is 8.78 Å². The van der Waals surface area contributed by atoms with Crippen LogP contribution < -0.4 is 9.46 Å². The molecule has 0 aliphatic heterocycles. The van der Waals surface area contributed by atoms with Gasteiger partial charge in [-0.25, -0.2) is 13.1 Å². The number of nitrogens with one attached hydrogen (secondary N) is 1. The fourth-order valence-corrected chi connectivity index (χ4v) is 2.74. The van der Waals surface area contributed by atoms with Crippen LogP contribution in [0.4, 0.5) is 8.78 Å². The number of hydrogen-bond donors (Lipinski definition) is 1. The van der Waals surface area contributed by atoms with Crippen LogP contribution >= 0.6 is 0 Å². The van der Waals surface area contributed by atoms with Gasteiger partial charge in [0.15, 0.2) is 0 Å². The highest BCUT2D eigenvalue weighted by Gasteiger charge is 2.15. The van der Waals surface area contributed by atoms with Crippen molar-refractivity contribution in [3.8, 4) is 5.75 Å². The van der Waals surface area contributed by atoms with Gasteiger partial charge in [0.2, 0.25) is 10.0 Å². The molecule has 7 heteroatoms. The average Bonchev–Trinajstić information content (AvgIpc) is 2.47. The first-order valence-electron chi connectivity index (χ1n) is 6.06. The smallest absolute Gasteiger partial charge is 0.387 e. The van der Waals surface area contributed by atoms with E-state index in [2.05, 4.69) is 9.46 Å². The molecule has 0 aliphatic carbocycles. The highest BCUT2D eigenvalue weighted by molar-refractivity contribution is 7.89. The van der Waals surface area contributed by atoms with E-state index in [9.17, 15) is 17.2 Å². The predicted molar refractivity (Wildman–Crippen MR) is 73.5 cm³/mol. The third-order valence-electron chi connectivity index (χ3n) is 2.69. The summed E-state index contributed by atoms with van der Waals surface area (Å²) in [7, 11) is -3.70. The van der Waals surface area contributed by atoms with Crippen LogP contribution in [0.1, 0.15) is 5.56 Å². The van der Waals surface area contributed by atoms with E-state index in [0.717, 1.165) is 0 Å². The predicted octanol–water partition coefficient (Wildman–Crippen LogP) is 2.77. The molecular weight excluding hydrogens is 300 g/mol. The van der Waals surface area contributed by atoms with E-state index in [1.807, 2.05) is 0 Å². The monoisotopic (exact) mass is 313 g/mol. The van der Waals surface area contributed by atoms with Crippen molar-refractivity contribution in [2.24, 2.45) is 0 Å². The lowest BCUT2D eigenvalue weighted by atomic mass is 10.2. The summed E-state index contributed by atoms with van der Waals surface area (Å²) in [6, 6.07) is 13.8. The summed E-state index contributed by atoms with van der Waals surface area (Å²) >= 11 is 0. The van der Waals surface area contributed by atoms with Gasteiger partial charge in [-0.15, -0.1) is 0 Å². The standard InChI is InChI=1S/C14H13F2NO3S/c15-14(16)20-13-9-5-4-6-11(13)10-17-21(18,19)12-7-2-1-3-8-12/h1-9,14,17H,10H2. The number of rotatable bonds is 6. The molecule has 0 unspecified atom stereocenters. The van der Waals surface area contributed by atoms with E-state index in [1.165, 1.54) is 30.3 Å². The highest BCUT2D eigenvalue weighted by Crippen LogP contribution is 2.20. The Morgan fingerprint density at radius 3 is 2.29 bits per heavy atom. The summed E-state index contributed by atoms with van der Waals surface area (Å²) in [5.41, 5.74) is 0.331. The lowest BCUT2D eigenvalue weighted by molar-refractivity contribution is -0.0504. The molecule has 0 atom stereocenters. The second-order valence-electron chi connectivity index (χ2n) is 4.12. The first kappa shape index (κ1) is 15.4. The molecule has 0 spiro atoms. The fourth-order valence-electron chi connectivity index (χ4n) is 1.72. The third-order valence-corrected chi connectivity index (χ3v) is 4.11. The van der Waals surface area contributed by atoms with E-state index in [4.69, 9.17) is 0 Å². The second kappa shape index (κ2) is 6.64. The van der Waals surface area contributed by atoms with Gasteiger partial charge >= 0.3 is 6.61 Å². The number of ether oxygens (including phenoxy) is 1. The van der Waals surface area contributed by atoms with Crippen LogP contribution in [0, 0.1) is 0 Å². The van der Waals surface area contributed by atoms with E-state index in [1.54, 1.807) is 24.3 Å². The normalized spacial score (nSPS) is 11.6. The molecule has 2 aromatic rings. The van der Waals surface area contributed by atoms with Crippen LogP contribution in [0.25, 0.3) is 0 Å². The topological polar surface area (TPSA) is 55.4 Å². The van der Waals surface area contributed by atoms with Gasteiger partial charge in [-0.05, 0) is 18.2 Å². The van der Waals surface area contributed by atoms with Gasteiger partial charge in [0.25, 0.3) is 0 Å². The van der Waals surface area contributed by atoms with Crippen molar-refractivity contribution in [1.29, 1.82) is 0 Å².